The van der Waals surface area contributed by atoms with Crippen molar-refractivity contribution >= 4 is 6.03 Å². The molecule has 0 aromatic heterocycles. The van der Waals surface area contributed by atoms with Crippen molar-refractivity contribution in [1.82, 2.24) is 5.48 Å². The number of nitrogens with two attached hydrogens (primary N) is 1. The van der Waals surface area contributed by atoms with E-state index < -0.39 is 6.03 Å². The van der Waals surface area contributed by atoms with Gasteiger partial charge in [0.05, 0.1) is 0 Å². The number of benzene rings is 2. The molecule has 0 saturated heterocycles. The van der Waals surface area contributed by atoms with Crippen molar-refractivity contribution in [3.63, 3.8) is 0 Å². The Bertz CT molecular complexity index is 533. The average Bonchev–Trinajstić information content (AvgIpc) is 2.55. The summed E-state index contributed by atoms with van der Waals surface area (Å²) in [4.78, 5) is 9.23. The predicted molar refractivity (Wildman–Crippen MR) is 80.8 cm³/mol. The Morgan fingerprint density at radius 2 is 1.64 bits per heavy atom. The number of carbonyl (C=O) groups is 1. The van der Waals surface area contributed by atoms with Crippen LogP contribution in [0.3, 0.4) is 0 Å². The van der Waals surface area contributed by atoms with Crippen molar-refractivity contribution in [1.29, 1.82) is 0 Å². The van der Waals surface area contributed by atoms with Gasteiger partial charge in [-0.2, -0.15) is 6.42 Å². The fourth-order valence-electron chi connectivity index (χ4n) is 1.49. The molecule has 0 unspecified atom stereocenters. The molecule has 0 bridgehead atoms. The quantitative estimate of drug-likeness (QED) is 0.312. The second-order valence-corrected chi connectivity index (χ2v) is 4.14. The Hall–Kier alpha value is -0.894. The van der Waals surface area contributed by atoms with Gasteiger partial charge in [-0.15, -0.1) is 0 Å². The maximum atomic E-state index is 9.23. The molecule has 0 fully saturated rings. The van der Waals surface area contributed by atoms with E-state index in [1.54, 1.807) is 0 Å². The predicted octanol–water partition coefficient (Wildman–Crippen LogP) is -0.310. The fourth-order valence-corrected chi connectivity index (χ4v) is 1.49. The van der Waals surface area contributed by atoms with Crippen LogP contribution >= 0.6 is 0 Å². The van der Waals surface area contributed by atoms with Gasteiger partial charge in [-0.25, -0.2) is 10.3 Å². The first-order chi connectivity index (χ1) is 10.2. The number of hydroxylamine groups is 1. The van der Waals surface area contributed by atoms with E-state index in [1.165, 1.54) is 16.6 Å². The number of hydrogen-bond donors (Lipinski definition) is 3. The number of amides is 2. The number of urea groups is 1. The van der Waals surface area contributed by atoms with E-state index in [0.29, 0.717) is 6.61 Å². The first kappa shape index (κ1) is 21.1. The Labute approximate surface area is 173 Å². The third-order valence-electron chi connectivity index (χ3n) is 2.57. The molecule has 112 valence electrons. The topological polar surface area (TPSA) is 84.6 Å². The minimum Gasteiger partial charge on any atom is -0.489 e. The molecule has 0 aliphatic rings. The zero-order valence-corrected chi connectivity index (χ0v) is 15.8. The molecule has 0 saturated carbocycles. The molecule has 0 radical (unpaired) electrons. The number of nitrogens with one attached hydrogen (secondary N) is 1. The van der Waals surface area contributed by atoms with Crippen molar-refractivity contribution < 1.29 is 66.1 Å². The van der Waals surface area contributed by atoms with Crippen molar-refractivity contribution in [2.75, 3.05) is 0 Å². The number of ether oxygens (including phenoxy) is 1. The zero-order valence-electron chi connectivity index (χ0n) is 12.7. The van der Waals surface area contributed by atoms with E-state index in [0.717, 1.165) is 12.2 Å². The van der Waals surface area contributed by atoms with Crippen LogP contribution in [-0.4, -0.2) is 11.2 Å². The number of rotatable bonds is 4. The Morgan fingerprint density at radius 3 is 2.09 bits per heavy atom. The van der Waals surface area contributed by atoms with Gasteiger partial charge in [0.15, 0.2) is 0 Å². The molecule has 2 aromatic rings. The molecule has 2 aromatic carbocycles. The van der Waals surface area contributed by atoms with Crippen LogP contribution in [0.2, 0.25) is 0 Å². The van der Waals surface area contributed by atoms with Crippen molar-refractivity contribution in [2.24, 2.45) is 5.73 Å². The zero-order chi connectivity index (χ0) is 15.5. The van der Waals surface area contributed by atoms with Crippen LogP contribution in [0.1, 0.15) is 11.1 Å². The Morgan fingerprint density at radius 1 is 1.09 bits per heavy atom. The summed E-state index contributed by atoms with van der Waals surface area (Å²) in [6, 6.07) is 17.3. The number of carbonyl (C=O) groups excluding carboxylic acids is 1. The van der Waals surface area contributed by atoms with Crippen LogP contribution in [0.4, 0.5) is 4.79 Å². The summed E-state index contributed by atoms with van der Waals surface area (Å²) >= 11 is 0. The third kappa shape index (κ3) is 9.19. The van der Waals surface area contributed by atoms with Gasteiger partial charge in [-0.3, -0.25) is 5.21 Å². The smallest absolute Gasteiger partial charge is 0.489 e. The van der Waals surface area contributed by atoms with E-state index >= 15 is 0 Å². The minimum atomic E-state index is -0.940. The summed E-state index contributed by atoms with van der Waals surface area (Å²) in [5.74, 6) is 0.904. The molecule has 4 N–H and O–H groups in total. The molecule has 2 amide bonds. The Kier molecular flexibility index (Phi) is 12.1. The molecule has 0 heterocycles. The second kappa shape index (κ2) is 12.6. The van der Waals surface area contributed by atoms with Crippen LogP contribution in [0, 0.1) is 6.92 Å². The average molecular weight is 326 g/mol. The molecule has 0 atom stereocenters. The number of hydrogen-bond acceptors (Lipinski definition) is 3. The van der Waals surface area contributed by atoms with E-state index in [9.17, 15) is 4.79 Å². The van der Waals surface area contributed by atoms with Crippen LogP contribution in [0.15, 0.2) is 54.6 Å². The van der Waals surface area contributed by atoms with Crippen molar-refractivity contribution in [3.8, 4) is 5.75 Å². The van der Waals surface area contributed by atoms with Gasteiger partial charge >= 0.3 is 57.4 Å². The van der Waals surface area contributed by atoms with Crippen molar-refractivity contribution in [3.05, 3.63) is 72.6 Å². The molecule has 0 spiro atoms. The van der Waals surface area contributed by atoms with Gasteiger partial charge in [0, 0.05) is 0 Å². The van der Waals surface area contributed by atoms with Crippen LogP contribution in [0.5, 0.6) is 5.75 Å². The van der Waals surface area contributed by atoms with Gasteiger partial charge in [-0.1, -0.05) is 48.0 Å². The van der Waals surface area contributed by atoms with Gasteiger partial charge in [0.2, 0.25) is 0 Å². The largest absolute Gasteiger partial charge is 1.00 e. The maximum Gasteiger partial charge on any atom is 1.00 e. The standard InChI is InChI=1S/C15H15O.CH4N2O2.K/c1-2-13-8-10-15(11-9-13)16-12-14-6-4-3-5-7-14;2-1(4)3-5;/h3-11H,1-2,12H2;5H,(H3,2,3,4);/q-1;;+1. The number of primary amides is 1. The fraction of sp³-hybridized carbons (Fsp3) is 0.125. The molecule has 22 heavy (non-hydrogen) atoms. The molecule has 5 nitrogen and oxygen atoms in total. The minimum absolute atomic E-state index is 0. The summed E-state index contributed by atoms with van der Waals surface area (Å²) in [7, 11) is 0. The van der Waals surface area contributed by atoms with Crippen LogP contribution < -0.4 is 67.3 Å². The molecule has 0 aliphatic heterocycles. The third-order valence-corrected chi connectivity index (χ3v) is 2.57. The second-order valence-electron chi connectivity index (χ2n) is 4.14. The monoisotopic (exact) mass is 326 g/mol. The van der Waals surface area contributed by atoms with E-state index in [2.05, 4.69) is 24.8 Å². The van der Waals surface area contributed by atoms with Gasteiger partial charge in [0.1, 0.15) is 12.4 Å². The van der Waals surface area contributed by atoms with Gasteiger partial charge < -0.3 is 17.4 Å². The summed E-state index contributed by atoms with van der Waals surface area (Å²) in [6.07, 6.45) is 0.818. The van der Waals surface area contributed by atoms with E-state index in [1.807, 2.05) is 42.5 Å². The van der Waals surface area contributed by atoms with Crippen LogP contribution in [0.25, 0.3) is 0 Å². The van der Waals surface area contributed by atoms with Crippen LogP contribution in [-0.2, 0) is 13.0 Å². The SMILES string of the molecule is NC(=O)NO.[CH2-]Cc1ccc(OCc2ccccc2)cc1.[K+]. The van der Waals surface area contributed by atoms with Gasteiger partial charge in [0.25, 0.3) is 0 Å². The molecule has 0 aliphatic carbocycles. The molecule has 6 heteroatoms. The molecular formula is C16H19KN2O3. The normalized spacial score (nSPS) is 8.82. The summed E-state index contributed by atoms with van der Waals surface area (Å²) in [5.41, 5.74) is 7.87. The Balaban J connectivity index is 0.000000644. The van der Waals surface area contributed by atoms with E-state index in [-0.39, 0.29) is 51.4 Å². The summed E-state index contributed by atoms with van der Waals surface area (Å²) in [5, 5.41) is 7.42. The first-order valence-electron chi connectivity index (χ1n) is 6.40. The summed E-state index contributed by atoms with van der Waals surface area (Å²) in [6.45, 7) is 4.45. The van der Waals surface area contributed by atoms with Crippen molar-refractivity contribution in [2.45, 2.75) is 13.0 Å². The molecular weight excluding hydrogens is 307 g/mol. The van der Waals surface area contributed by atoms with E-state index in [4.69, 9.17) is 9.94 Å². The van der Waals surface area contributed by atoms with Gasteiger partial charge in [-0.05, 0) is 17.7 Å². The summed E-state index contributed by atoms with van der Waals surface area (Å²) < 4.78 is 5.67. The molecule has 2 rings (SSSR count). The maximum absolute atomic E-state index is 9.23. The first-order valence-corrected chi connectivity index (χ1v) is 6.40.